The minimum Gasteiger partial charge on any atom is -0.339 e. The van der Waals surface area contributed by atoms with E-state index in [0.717, 1.165) is 75.1 Å². The highest BCUT2D eigenvalue weighted by atomic mass is 16.2. The SMILES string of the molecule is Cc1ccc(C(=O)N2CCC(c3ccc(-c4cnn(C)c4)cc3)CC2)cc1CC(=O)C1CCN(Cc2ccccc2)CC1. The maximum atomic E-state index is 13.5. The Bertz CT molecular complexity index is 1540. The van der Waals surface area contributed by atoms with Gasteiger partial charge in [-0.1, -0.05) is 60.7 Å². The number of aryl methyl sites for hydroxylation is 2. The lowest BCUT2D eigenvalue weighted by atomic mass is 9.87. The number of Topliss-reactive ketones (excluding diaryl/α,β-unsaturated/α-hetero) is 1. The molecule has 6 heteroatoms. The first kappa shape index (κ1) is 29.1. The third kappa shape index (κ3) is 6.97. The molecular weight excluding hydrogens is 532 g/mol. The van der Waals surface area contributed by atoms with Crippen LogP contribution in [0.1, 0.15) is 64.2 Å². The van der Waals surface area contributed by atoms with E-state index in [0.29, 0.717) is 23.7 Å². The zero-order chi connectivity index (χ0) is 29.8. The number of piperidine rings is 2. The summed E-state index contributed by atoms with van der Waals surface area (Å²) in [5.41, 5.74) is 7.73. The molecule has 1 aromatic heterocycles. The quantitative estimate of drug-likeness (QED) is 0.243. The summed E-state index contributed by atoms with van der Waals surface area (Å²) < 4.78 is 1.82. The topological polar surface area (TPSA) is 58.4 Å². The van der Waals surface area contributed by atoms with Crippen LogP contribution in [-0.4, -0.2) is 57.4 Å². The molecule has 0 bridgehead atoms. The number of hydrogen-bond donors (Lipinski definition) is 0. The Kier molecular flexibility index (Phi) is 8.85. The van der Waals surface area contributed by atoms with Gasteiger partial charge in [0, 0.05) is 56.3 Å². The molecule has 2 saturated heterocycles. The number of likely N-dealkylation sites (tertiary alicyclic amines) is 2. The zero-order valence-corrected chi connectivity index (χ0v) is 25.4. The minimum absolute atomic E-state index is 0.0771. The van der Waals surface area contributed by atoms with E-state index in [1.807, 2.05) is 60.2 Å². The van der Waals surface area contributed by atoms with Crippen molar-refractivity contribution in [3.63, 3.8) is 0 Å². The molecule has 0 radical (unpaired) electrons. The second-order valence-electron chi connectivity index (χ2n) is 12.4. The molecule has 4 aromatic rings. The number of nitrogens with zero attached hydrogens (tertiary/aromatic N) is 4. The maximum Gasteiger partial charge on any atom is 0.253 e. The van der Waals surface area contributed by atoms with Gasteiger partial charge in [-0.25, -0.2) is 0 Å². The molecule has 0 aliphatic carbocycles. The van der Waals surface area contributed by atoms with E-state index < -0.39 is 0 Å². The van der Waals surface area contributed by atoms with Crippen LogP contribution in [0.4, 0.5) is 0 Å². The van der Waals surface area contributed by atoms with Crippen molar-refractivity contribution in [3.8, 4) is 11.1 Å². The molecule has 43 heavy (non-hydrogen) atoms. The van der Waals surface area contributed by atoms with E-state index in [9.17, 15) is 9.59 Å². The Morgan fingerprint density at radius 1 is 0.837 bits per heavy atom. The maximum absolute atomic E-state index is 13.5. The average molecular weight is 575 g/mol. The van der Waals surface area contributed by atoms with E-state index in [1.54, 1.807) is 0 Å². The summed E-state index contributed by atoms with van der Waals surface area (Å²) >= 11 is 0. The summed E-state index contributed by atoms with van der Waals surface area (Å²) in [6, 6.07) is 25.3. The van der Waals surface area contributed by atoms with E-state index in [2.05, 4.69) is 58.5 Å². The van der Waals surface area contributed by atoms with Crippen LogP contribution in [0, 0.1) is 12.8 Å². The van der Waals surface area contributed by atoms with Crippen LogP contribution >= 0.6 is 0 Å². The predicted molar refractivity (Wildman–Crippen MR) is 171 cm³/mol. The van der Waals surface area contributed by atoms with Gasteiger partial charge in [-0.05, 0) is 91.6 Å². The van der Waals surface area contributed by atoms with Crippen molar-refractivity contribution in [2.75, 3.05) is 26.2 Å². The van der Waals surface area contributed by atoms with Crippen LogP contribution in [-0.2, 0) is 24.8 Å². The lowest BCUT2D eigenvalue weighted by molar-refractivity contribution is -0.123. The number of carbonyl (C=O) groups excluding carboxylic acids is 2. The Balaban J connectivity index is 1.01. The molecule has 222 valence electrons. The van der Waals surface area contributed by atoms with Crippen LogP contribution < -0.4 is 0 Å². The number of carbonyl (C=O) groups is 2. The molecule has 2 fully saturated rings. The standard InChI is InChI=1S/C37H42N4O2/c1-27-8-9-33(22-34(27)23-36(42)32-14-18-40(19-15-32)25-28-6-4-3-5-7-28)37(43)41-20-16-31(17-21-41)29-10-12-30(13-11-29)35-24-38-39(2)26-35/h3-13,22,24,26,31-32H,14-21,23,25H2,1-2H3. The molecule has 3 aromatic carbocycles. The molecule has 0 N–H and O–H groups in total. The predicted octanol–water partition coefficient (Wildman–Crippen LogP) is 6.44. The first-order chi connectivity index (χ1) is 20.9. The highest BCUT2D eigenvalue weighted by molar-refractivity contribution is 5.95. The van der Waals surface area contributed by atoms with Gasteiger partial charge in [0.1, 0.15) is 5.78 Å². The van der Waals surface area contributed by atoms with Crippen LogP contribution in [0.2, 0.25) is 0 Å². The smallest absolute Gasteiger partial charge is 0.253 e. The van der Waals surface area contributed by atoms with Crippen molar-refractivity contribution in [1.29, 1.82) is 0 Å². The van der Waals surface area contributed by atoms with E-state index in [-0.39, 0.29) is 11.8 Å². The van der Waals surface area contributed by atoms with Gasteiger partial charge in [-0.15, -0.1) is 0 Å². The summed E-state index contributed by atoms with van der Waals surface area (Å²) in [5.74, 6) is 0.941. The molecule has 0 unspecified atom stereocenters. The first-order valence-corrected chi connectivity index (χ1v) is 15.7. The fourth-order valence-corrected chi connectivity index (χ4v) is 6.70. The van der Waals surface area contributed by atoms with Crippen LogP contribution in [0.5, 0.6) is 0 Å². The average Bonchev–Trinajstić information content (AvgIpc) is 3.49. The van der Waals surface area contributed by atoms with E-state index in [4.69, 9.17) is 0 Å². The largest absolute Gasteiger partial charge is 0.339 e. The van der Waals surface area contributed by atoms with Crippen molar-refractivity contribution in [3.05, 3.63) is 113 Å². The van der Waals surface area contributed by atoms with Crippen LogP contribution in [0.25, 0.3) is 11.1 Å². The summed E-state index contributed by atoms with van der Waals surface area (Å²) in [5, 5.41) is 4.28. The summed E-state index contributed by atoms with van der Waals surface area (Å²) in [4.78, 5) is 31.3. The molecule has 6 rings (SSSR count). The lowest BCUT2D eigenvalue weighted by Gasteiger charge is -2.32. The van der Waals surface area contributed by atoms with Crippen molar-refractivity contribution in [1.82, 2.24) is 19.6 Å². The van der Waals surface area contributed by atoms with Gasteiger partial charge in [0.25, 0.3) is 5.91 Å². The Morgan fingerprint density at radius 2 is 1.56 bits per heavy atom. The Labute approximate surface area is 255 Å². The molecule has 0 atom stereocenters. The second kappa shape index (κ2) is 13.1. The zero-order valence-electron chi connectivity index (χ0n) is 25.4. The van der Waals surface area contributed by atoms with Gasteiger partial charge >= 0.3 is 0 Å². The number of benzene rings is 3. The first-order valence-electron chi connectivity index (χ1n) is 15.7. The van der Waals surface area contributed by atoms with Crippen LogP contribution in [0.15, 0.2) is 85.2 Å². The second-order valence-corrected chi connectivity index (χ2v) is 12.4. The van der Waals surface area contributed by atoms with Gasteiger partial charge in [-0.2, -0.15) is 5.10 Å². The third-order valence-electron chi connectivity index (χ3n) is 9.46. The normalized spacial score (nSPS) is 16.8. The number of rotatable bonds is 8. The summed E-state index contributed by atoms with van der Waals surface area (Å²) in [6.07, 6.45) is 8.06. The van der Waals surface area contributed by atoms with Gasteiger partial charge in [0.15, 0.2) is 0 Å². The molecule has 0 spiro atoms. The third-order valence-corrected chi connectivity index (χ3v) is 9.46. The lowest BCUT2D eigenvalue weighted by Crippen LogP contribution is -2.38. The monoisotopic (exact) mass is 574 g/mol. The molecule has 2 aliphatic rings. The molecule has 6 nitrogen and oxygen atoms in total. The fraction of sp³-hybridized carbons (Fsp3) is 0.378. The molecule has 2 aliphatic heterocycles. The minimum atomic E-state index is 0.0771. The molecule has 1 amide bonds. The van der Waals surface area contributed by atoms with E-state index >= 15 is 0 Å². The summed E-state index contributed by atoms with van der Waals surface area (Å²) in [6.45, 7) is 6.39. The van der Waals surface area contributed by atoms with Crippen molar-refractivity contribution in [2.45, 2.75) is 51.5 Å². The highest BCUT2D eigenvalue weighted by Crippen LogP contribution is 2.31. The molecular formula is C37H42N4O2. The number of aromatic nitrogens is 2. The van der Waals surface area contributed by atoms with Gasteiger partial charge in [-0.3, -0.25) is 19.2 Å². The Hall–Kier alpha value is -4.03. The number of amides is 1. The van der Waals surface area contributed by atoms with E-state index in [1.165, 1.54) is 16.7 Å². The number of ketones is 1. The van der Waals surface area contributed by atoms with Crippen molar-refractivity contribution in [2.24, 2.45) is 13.0 Å². The highest BCUT2D eigenvalue weighted by Gasteiger charge is 2.27. The molecule has 3 heterocycles. The summed E-state index contributed by atoms with van der Waals surface area (Å²) in [7, 11) is 1.93. The van der Waals surface area contributed by atoms with Crippen LogP contribution in [0.3, 0.4) is 0 Å². The molecule has 0 saturated carbocycles. The fourth-order valence-electron chi connectivity index (χ4n) is 6.70. The van der Waals surface area contributed by atoms with Crippen molar-refractivity contribution < 1.29 is 9.59 Å². The number of hydrogen-bond acceptors (Lipinski definition) is 4. The van der Waals surface area contributed by atoms with Gasteiger partial charge in [0.05, 0.1) is 6.20 Å². The van der Waals surface area contributed by atoms with Gasteiger partial charge < -0.3 is 4.90 Å². The Morgan fingerprint density at radius 3 is 2.23 bits per heavy atom. The van der Waals surface area contributed by atoms with Crippen molar-refractivity contribution >= 4 is 11.7 Å². The van der Waals surface area contributed by atoms with Gasteiger partial charge in [0.2, 0.25) is 0 Å².